The third-order valence-electron chi connectivity index (χ3n) is 6.71. The highest BCUT2D eigenvalue weighted by atomic mass is 19.3. The van der Waals surface area contributed by atoms with Gasteiger partial charge < -0.3 is 4.74 Å². The number of ether oxygens (including phenoxy) is 1. The van der Waals surface area contributed by atoms with Crippen LogP contribution < -0.4 is 0 Å². The summed E-state index contributed by atoms with van der Waals surface area (Å²) < 4.78 is 33.8. The fourth-order valence-electron chi connectivity index (χ4n) is 4.53. The van der Waals surface area contributed by atoms with Crippen molar-refractivity contribution in [2.45, 2.75) is 97.1 Å². The van der Waals surface area contributed by atoms with E-state index in [1.54, 1.807) is 20.8 Å². The molecule has 33 heavy (non-hydrogen) atoms. The molecule has 1 aliphatic carbocycles. The molecule has 2 rings (SSSR count). The van der Waals surface area contributed by atoms with Crippen molar-refractivity contribution in [3.63, 3.8) is 0 Å². The van der Waals surface area contributed by atoms with Crippen LogP contribution in [0.25, 0.3) is 0 Å². The Morgan fingerprint density at radius 3 is 2.27 bits per heavy atom. The van der Waals surface area contributed by atoms with Gasteiger partial charge in [-0.1, -0.05) is 32.6 Å². The van der Waals surface area contributed by atoms with Crippen LogP contribution >= 0.6 is 0 Å². The SMILES string of the molecule is C=CC(F)(F)CN1CC(C)=C(C(=O)[C@H](CCC(C)C)C(=C)C(=O)OC(C)(C)C)CCC12CC2. The molecule has 0 saturated heterocycles. The number of hydrogen-bond donors (Lipinski definition) is 0. The molecule has 0 aromatic heterocycles. The molecule has 6 heteroatoms. The maximum Gasteiger partial charge on any atom is 0.334 e. The second kappa shape index (κ2) is 10.2. The van der Waals surface area contributed by atoms with Gasteiger partial charge in [-0.2, -0.15) is 0 Å². The number of esters is 1. The first kappa shape index (κ1) is 27.4. The Morgan fingerprint density at radius 1 is 1.18 bits per heavy atom. The average molecular weight is 466 g/mol. The van der Waals surface area contributed by atoms with Gasteiger partial charge in [-0.15, -0.1) is 0 Å². The monoisotopic (exact) mass is 465 g/mol. The lowest BCUT2D eigenvalue weighted by Crippen LogP contribution is -2.44. The largest absolute Gasteiger partial charge is 0.457 e. The van der Waals surface area contributed by atoms with Gasteiger partial charge in [0, 0.05) is 17.7 Å². The lowest BCUT2D eigenvalue weighted by atomic mass is 9.83. The molecule has 186 valence electrons. The van der Waals surface area contributed by atoms with Gasteiger partial charge >= 0.3 is 5.97 Å². The summed E-state index contributed by atoms with van der Waals surface area (Å²) in [4.78, 5) is 28.3. The van der Waals surface area contributed by atoms with E-state index in [2.05, 4.69) is 27.0 Å². The Bertz CT molecular complexity index is 816. The average Bonchev–Trinajstić information content (AvgIpc) is 3.48. The van der Waals surface area contributed by atoms with Crippen molar-refractivity contribution >= 4 is 11.8 Å². The van der Waals surface area contributed by atoms with Crippen molar-refractivity contribution < 1.29 is 23.1 Å². The summed E-state index contributed by atoms with van der Waals surface area (Å²) >= 11 is 0. The van der Waals surface area contributed by atoms with E-state index in [0.29, 0.717) is 43.4 Å². The first-order valence-corrected chi connectivity index (χ1v) is 12.0. The van der Waals surface area contributed by atoms with E-state index in [0.717, 1.165) is 24.8 Å². The topological polar surface area (TPSA) is 46.6 Å². The van der Waals surface area contributed by atoms with Crippen LogP contribution in [0.2, 0.25) is 0 Å². The Labute approximate surface area is 198 Å². The second-order valence-electron chi connectivity index (χ2n) is 11.2. The number of Topliss-reactive ketones (excluding diaryl/α,β-unsaturated/α-hetero) is 1. The number of hydrogen-bond acceptors (Lipinski definition) is 4. The summed E-state index contributed by atoms with van der Waals surface area (Å²) in [6.45, 7) is 18.5. The summed E-state index contributed by atoms with van der Waals surface area (Å²) in [6, 6.07) is 0. The minimum Gasteiger partial charge on any atom is -0.457 e. The highest BCUT2D eigenvalue weighted by Crippen LogP contribution is 2.49. The van der Waals surface area contributed by atoms with E-state index >= 15 is 0 Å². The lowest BCUT2D eigenvalue weighted by molar-refractivity contribution is -0.151. The maximum absolute atomic E-state index is 14.2. The van der Waals surface area contributed by atoms with Crippen molar-refractivity contribution in [3.8, 4) is 0 Å². The zero-order chi connectivity index (χ0) is 25.2. The Hall–Kier alpha value is -1.82. The molecule has 0 N–H and O–H groups in total. The van der Waals surface area contributed by atoms with Crippen LogP contribution in [0.3, 0.4) is 0 Å². The number of alkyl halides is 2. The van der Waals surface area contributed by atoms with Crippen molar-refractivity contribution in [1.29, 1.82) is 0 Å². The van der Waals surface area contributed by atoms with E-state index in [1.807, 2.05) is 11.8 Å². The van der Waals surface area contributed by atoms with Gasteiger partial charge in [0.25, 0.3) is 5.92 Å². The highest BCUT2D eigenvalue weighted by Gasteiger charge is 2.51. The molecule has 1 aliphatic heterocycles. The standard InChI is InChI=1S/C27H41F2NO3/c1-9-27(28,29)17-30-16-19(4)21(12-13-26(30)14-15-26)23(31)22(11-10-18(2)3)20(5)24(32)33-25(6,7)8/h9,18,22H,1,5,10-17H2,2-4,6-8H3/t22-/m1/s1. The molecule has 1 heterocycles. The Kier molecular flexibility index (Phi) is 8.48. The maximum atomic E-state index is 14.2. The van der Waals surface area contributed by atoms with Gasteiger partial charge in [0.05, 0.1) is 12.5 Å². The van der Waals surface area contributed by atoms with Crippen molar-refractivity contribution in [1.82, 2.24) is 4.90 Å². The third-order valence-corrected chi connectivity index (χ3v) is 6.71. The normalized spacial score (nSPS) is 19.9. The van der Waals surface area contributed by atoms with Crippen molar-refractivity contribution in [3.05, 3.63) is 36.0 Å². The first-order valence-electron chi connectivity index (χ1n) is 12.0. The molecule has 1 atom stereocenters. The number of rotatable bonds is 10. The number of carbonyl (C=O) groups is 2. The molecule has 1 saturated carbocycles. The number of nitrogens with zero attached hydrogens (tertiary/aromatic N) is 1. The molecule has 0 aromatic carbocycles. The van der Waals surface area contributed by atoms with E-state index in [4.69, 9.17) is 4.74 Å². The van der Waals surface area contributed by atoms with Gasteiger partial charge in [0.15, 0.2) is 5.78 Å². The molecule has 1 spiro atoms. The fraction of sp³-hybridized carbons (Fsp3) is 0.704. The zero-order valence-corrected chi connectivity index (χ0v) is 21.2. The number of carbonyl (C=O) groups excluding carboxylic acids is 2. The van der Waals surface area contributed by atoms with Crippen molar-refractivity contribution in [2.75, 3.05) is 13.1 Å². The molecule has 0 aromatic rings. The van der Waals surface area contributed by atoms with Gasteiger partial charge in [-0.25, -0.2) is 13.6 Å². The molecule has 0 amide bonds. The smallest absolute Gasteiger partial charge is 0.334 e. The van der Waals surface area contributed by atoms with Crippen LogP contribution in [0.5, 0.6) is 0 Å². The number of halogens is 2. The fourth-order valence-corrected chi connectivity index (χ4v) is 4.53. The molecule has 0 unspecified atom stereocenters. The predicted octanol–water partition coefficient (Wildman–Crippen LogP) is 6.27. The molecular formula is C27H41F2NO3. The van der Waals surface area contributed by atoms with Gasteiger partial charge in [0.1, 0.15) is 5.60 Å². The summed E-state index contributed by atoms with van der Waals surface area (Å²) in [6.07, 6.45) is 4.88. The first-order chi connectivity index (χ1) is 15.1. The molecular weight excluding hydrogens is 424 g/mol. The Balaban J connectivity index is 2.31. The van der Waals surface area contributed by atoms with Crippen LogP contribution in [0.15, 0.2) is 36.0 Å². The van der Waals surface area contributed by atoms with E-state index in [9.17, 15) is 18.4 Å². The van der Waals surface area contributed by atoms with E-state index in [-0.39, 0.29) is 16.9 Å². The molecule has 4 nitrogen and oxygen atoms in total. The van der Waals surface area contributed by atoms with Crippen LogP contribution in [-0.2, 0) is 14.3 Å². The zero-order valence-electron chi connectivity index (χ0n) is 21.2. The molecule has 2 aliphatic rings. The minimum absolute atomic E-state index is 0.114. The van der Waals surface area contributed by atoms with Gasteiger partial charge in [-0.05, 0) is 83.8 Å². The van der Waals surface area contributed by atoms with E-state index in [1.165, 1.54) is 0 Å². The summed E-state index contributed by atoms with van der Waals surface area (Å²) in [5.41, 5.74) is 0.680. The summed E-state index contributed by atoms with van der Waals surface area (Å²) in [7, 11) is 0. The molecule has 1 fully saturated rings. The lowest BCUT2D eigenvalue weighted by Gasteiger charge is -2.32. The predicted molar refractivity (Wildman–Crippen MR) is 128 cm³/mol. The van der Waals surface area contributed by atoms with Crippen LogP contribution in [0.1, 0.15) is 80.1 Å². The van der Waals surface area contributed by atoms with Crippen LogP contribution in [-0.4, -0.2) is 46.8 Å². The molecule has 0 bridgehead atoms. The summed E-state index contributed by atoms with van der Waals surface area (Å²) in [5, 5.41) is 0. The Morgan fingerprint density at radius 2 is 1.79 bits per heavy atom. The van der Waals surface area contributed by atoms with Crippen LogP contribution in [0, 0.1) is 11.8 Å². The highest BCUT2D eigenvalue weighted by molar-refractivity contribution is 6.05. The summed E-state index contributed by atoms with van der Waals surface area (Å²) in [5.74, 6) is -3.94. The van der Waals surface area contributed by atoms with Crippen molar-refractivity contribution in [2.24, 2.45) is 11.8 Å². The third kappa shape index (κ3) is 7.33. The quantitative estimate of drug-likeness (QED) is 0.217. The van der Waals surface area contributed by atoms with Gasteiger partial charge in [-0.3, -0.25) is 9.69 Å². The molecule has 0 radical (unpaired) electrons. The number of allylic oxidation sites excluding steroid dienone is 1. The van der Waals surface area contributed by atoms with Gasteiger partial charge in [0.2, 0.25) is 0 Å². The van der Waals surface area contributed by atoms with Crippen LogP contribution in [0.4, 0.5) is 8.78 Å². The van der Waals surface area contributed by atoms with E-state index < -0.39 is 30.0 Å². The number of ketones is 1. The second-order valence-corrected chi connectivity index (χ2v) is 11.2. The minimum atomic E-state index is -2.98.